The Bertz CT molecular complexity index is 653. The van der Waals surface area contributed by atoms with Crippen LogP contribution in [0.5, 0.6) is 0 Å². The summed E-state index contributed by atoms with van der Waals surface area (Å²) in [5, 5.41) is 0. The summed E-state index contributed by atoms with van der Waals surface area (Å²) >= 11 is 0. The molecule has 0 radical (unpaired) electrons. The summed E-state index contributed by atoms with van der Waals surface area (Å²) in [4.78, 5) is 5.65. The Morgan fingerprint density at radius 2 is 0.538 bits per heavy atom. The van der Waals surface area contributed by atoms with E-state index in [1.54, 1.807) is 0 Å². The summed E-state index contributed by atoms with van der Waals surface area (Å²) in [6.07, 6.45) is 54.3. The van der Waals surface area contributed by atoms with Crippen LogP contribution < -0.4 is 0 Å². The minimum absolute atomic E-state index is 0.822. The highest BCUT2D eigenvalue weighted by Gasteiger charge is 2.12. The van der Waals surface area contributed by atoms with Crippen molar-refractivity contribution in [3.05, 3.63) is 24.3 Å². The molecule has 0 aliphatic carbocycles. The Balaban J connectivity index is 4.08. The molecule has 2 unspecified atom stereocenters. The van der Waals surface area contributed by atoms with Gasteiger partial charge in [-0.3, -0.25) is 0 Å². The Kier molecular flexibility index (Phi) is 42.6. The SMILES string of the molecule is CCCCCCCC/C=C\CCCCCCCCN(CCCCN(CCCCCCCC/C=C\CCCCCCCC)CC(C)CC)CC(C)CC. The van der Waals surface area contributed by atoms with Gasteiger partial charge in [0.25, 0.3) is 0 Å². The van der Waals surface area contributed by atoms with Gasteiger partial charge in [0.05, 0.1) is 0 Å². The number of hydrogen-bond donors (Lipinski definition) is 0. The third-order valence-corrected chi connectivity index (χ3v) is 11.7. The van der Waals surface area contributed by atoms with E-state index in [-0.39, 0.29) is 0 Å². The second kappa shape index (κ2) is 43.1. The van der Waals surface area contributed by atoms with Crippen LogP contribution in [0.15, 0.2) is 24.3 Å². The second-order valence-corrected chi connectivity index (χ2v) is 17.2. The third-order valence-electron chi connectivity index (χ3n) is 11.7. The average molecular weight is 729 g/mol. The molecule has 0 bridgehead atoms. The van der Waals surface area contributed by atoms with Crippen molar-refractivity contribution < 1.29 is 0 Å². The summed E-state index contributed by atoms with van der Waals surface area (Å²) in [7, 11) is 0. The second-order valence-electron chi connectivity index (χ2n) is 17.2. The normalized spacial score (nSPS) is 13.5. The lowest BCUT2D eigenvalue weighted by Gasteiger charge is -2.27. The zero-order chi connectivity index (χ0) is 38.0. The molecule has 0 N–H and O–H groups in total. The lowest BCUT2D eigenvalue weighted by Crippen LogP contribution is -2.33. The van der Waals surface area contributed by atoms with Crippen molar-refractivity contribution in [2.24, 2.45) is 11.8 Å². The van der Waals surface area contributed by atoms with E-state index < -0.39 is 0 Å². The third kappa shape index (κ3) is 39.1. The van der Waals surface area contributed by atoms with Gasteiger partial charge < -0.3 is 9.80 Å². The van der Waals surface area contributed by atoms with Crippen molar-refractivity contribution in [1.82, 2.24) is 9.80 Å². The first-order valence-electron chi connectivity index (χ1n) is 24.3. The van der Waals surface area contributed by atoms with Gasteiger partial charge in [-0.2, -0.15) is 0 Å². The molecule has 0 spiro atoms. The van der Waals surface area contributed by atoms with Crippen molar-refractivity contribution >= 4 is 0 Å². The van der Waals surface area contributed by atoms with E-state index in [9.17, 15) is 0 Å². The van der Waals surface area contributed by atoms with Gasteiger partial charge >= 0.3 is 0 Å². The van der Waals surface area contributed by atoms with Crippen LogP contribution in [0.1, 0.15) is 247 Å². The van der Waals surface area contributed by atoms with Crippen LogP contribution in [0.4, 0.5) is 0 Å². The molecule has 0 saturated heterocycles. The first-order chi connectivity index (χ1) is 25.6. The molecule has 0 heterocycles. The van der Waals surface area contributed by atoms with Crippen LogP contribution in [-0.4, -0.2) is 49.1 Å². The van der Waals surface area contributed by atoms with Gasteiger partial charge in [0, 0.05) is 13.1 Å². The maximum atomic E-state index is 2.83. The number of hydrogen-bond acceptors (Lipinski definition) is 2. The van der Waals surface area contributed by atoms with Gasteiger partial charge in [0.1, 0.15) is 0 Å². The van der Waals surface area contributed by atoms with Gasteiger partial charge in [-0.1, -0.05) is 194 Å². The predicted molar refractivity (Wildman–Crippen MR) is 240 cm³/mol. The molecule has 0 saturated carbocycles. The molecule has 0 aromatic rings. The van der Waals surface area contributed by atoms with E-state index in [4.69, 9.17) is 0 Å². The molecule has 2 heteroatoms. The van der Waals surface area contributed by atoms with Crippen molar-refractivity contribution in [1.29, 1.82) is 0 Å². The molecular weight excluding hydrogens is 629 g/mol. The largest absolute Gasteiger partial charge is 0.303 e. The quantitative estimate of drug-likeness (QED) is 0.0456. The molecule has 0 rings (SSSR count). The fourth-order valence-electron chi connectivity index (χ4n) is 7.57. The van der Waals surface area contributed by atoms with E-state index in [1.807, 2.05) is 0 Å². The smallest absolute Gasteiger partial charge is 0.000692 e. The van der Waals surface area contributed by atoms with Crippen LogP contribution in [0.2, 0.25) is 0 Å². The van der Waals surface area contributed by atoms with Gasteiger partial charge in [-0.05, 0) is 115 Å². The predicted octanol–water partition coefficient (Wildman–Crippen LogP) is 16.5. The van der Waals surface area contributed by atoms with Crippen LogP contribution in [0.25, 0.3) is 0 Å². The molecule has 0 aromatic carbocycles. The van der Waals surface area contributed by atoms with E-state index in [2.05, 4.69) is 75.6 Å². The van der Waals surface area contributed by atoms with Crippen molar-refractivity contribution in [2.75, 3.05) is 39.3 Å². The van der Waals surface area contributed by atoms with Crippen molar-refractivity contribution in [3.8, 4) is 0 Å². The monoisotopic (exact) mass is 729 g/mol. The van der Waals surface area contributed by atoms with Gasteiger partial charge in [-0.15, -0.1) is 0 Å². The fourth-order valence-corrected chi connectivity index (χ4v) is 7.57. The van der Waals surface area contributed by atoms with E-state index in [0.29, 0.717) is 0 Å². The average Bonchev–Trinajstić information content (AvgIpc) is 3.15. The molecule has 52 heavy (non-hydrogen) atoms. The van der Waals surface area contributed by atoms with Crippen molar-refractivity contribution in [2.45, 2.75) is 247 Å². The zero-order valence-electron chi connectivity index (χ0n) is 37.2. The first kappa shape index (κ1) is 51.4. The maximum Gasteiger partial charge on any atom is 0.000692 e. The Hall–Kier alpha value is -0.600. The summed E-state index contributed by atoms with van der Waals surface area (Å²) < 4.78 is 0. The Morgan fingerprint density at radius 3 is 0.808 bits per heavy atom. The van der Waals surface area contributed by atoms with E-state index in [0.717, 1.165) is 11.8 Å². The molecule has 310 valence electrons. The highest BCUT2D eigenvalue weighted by molar-refractivity contribution is 4.82. The lowest BCUT2D eigenvalue weighted by molar-refractivity contribution is 0.203. The topological polar surface area (TPSA) is 6.48 Å². The van der Waals surface area contributed by atoms with Crippen molar-refractivity contribution in [3.63, 3.8) is 0 Å². The molecule has 0 fully saturated rings. The fraction of sp³-hybridized carbons (Fsp3) is 0.920. The minimum Gasteiger partial charge on any atom is -0.303 e. The number of unbranched alkanes of at least 4 members (excludes halogenated alkanes) is 25. The summed E-state index contributed by atoms with van der Waals surface area (Å²) in [6, 6.07) is 0. The molecular formula is C50H100N2. The Labute approximate surface area is 331 Å². The summed E-state index contributed by atoms with van der Waals surface area (Å²) in [5.41, 5.74) is 0. The highest BCUT2D eigenvalue weighted by atomic mass is 15.1. The molecule has 0 aromatic heterocycles. The van der Waals surface area contributed by atoms with Gasteiger partial charge in [0.15, 0.2) is 0 Å². The van der Waals surface area contributed by atoms with Crippen LogP contribution in [0, 0.1) is 11.8 Å². The van der Waals surface area contributed by atoms with Gasteiger partial charge in [0.2, 0.25) is 0 Å². The van der Waals surface area contributed by atoms with Gasteiger partial charge in [-0.25, -0.2) is 0 Å². The molecule has 0 aliphatic heterocycles. The summed E-state index contributed by atoms with van der Waals surface area (Å²) in [5.74, 6) is 1.64. The number of nitrogens with zero attached hydrogens (tertiary/aromatic N) is 2. The molecule has 2 nitrogen and oxygen atoms in total. The van der Waals surface area contributed by atoms with Crippen LogP contribution in [0.3, 0.4) is 0 Å². The lowest BCUT2D eigenvalue weighted by atomic mass is 10.1. The standard InChI is InChI=1S/C50H100N2/c1-7-11-13-15-17-19-21-23-25-27-29-31-33-35-37-39-43-51(47-49(5)9-3)45-41-42-46-52(48-50(6)10-4)44-40-38-36-34-32-30-28-26-24-22-20-18-16-14-12-8-2/h23-26,49-50H,7-22,27-48H2,1-6H3/b25-23-,26-24-. The highest BCUT2D eigenvalue weighted by Crippen LogP contribution is 2.15. The summed E-state index contributed by atoms with van der Waals surface area (Å²) in [6.45, 7) is 22.1. The Morgan fingerprint density at radius 1 is 0.308 bits per heavy atom. The van der Waals surface area contributed by atoms with E-state index in [1.165, 1.54) is 245 Å². The van der Waals surface area contributed by atoms with Crippen LogP contribution in [-0.2, 0) is 0 Å². The molecule has 2 atom stereocenters. The van der Waals surface area contributed by atoms with E-state index >= 15 is 0 Å². The molecule has 0 amide bonds. The first-order valence-corrected chi connectivity index (χ1v) is 24.3. The number of allylic oxidation sites excluding steroid dienone is 4. The zero-order valence-corrected chi connectivity index (χ0v) is 37.2. The number of rotatable bonds is 43. The minimum atomic E-state index is 0.822. The maximum absolute atomic E-state index is 2.83. The van der Waals surface area contributed by atoms with Crippen LogP contribution >= 0.6 is 0 Å². The molecule has 0 aliphatic rings.